The van der Waals surface area contributed by atoms with Gasteiger partial charge in [-0.1, -0.05) is 58.0 Å². The summed E-state index contributed by atoms with van der Waals surface area (Å²) in [5.41, 5.74) is 2.60. The number of nitrogens with zero attached hydrogens (tertiary/aromatic N) is 1. The van der Waals surface area contributed by atoms with Crippen molar-refractivity contribution in [2.45, 2.75) is 52.5 Å². The topological polar surface area (TPSA) is 75.7 Å². The Bertz CT molecular complexity index is 979. The van der Waals surface area contributed by atoms with Crippen LogP contribution in [0.5, 0.6) is 5.75 Å². The van der Waals surface area contributed by atoms with E-state index in [1.54, 1.807) is 19.1 Å². The molecule has 0 saturated heterocycles. The molecule has 2 aromatic rings. The Kier molecular flexibility index (Phi) is 8.12. The molecule has 6 nitrogen and oxygen atoms in total. The van der Waals surface area contributed by atoms with Gasteiger partial charge in [-0.25, -0.2) is 8.42 Å². The van der Waals surface area contributed by atoms with Crippen LogP contribution in [0.3, 0.4) is 0 Å². The molecule has 0 bridgehead atoms. The second-order valence-corrected chi connectivity index (χ2v) is 10.5. The lowest BCUT2D eigenvalue weighted by Gasteiger charge is -2.28. The predicted molar refractivity (Wildman–Crippen MR) is 126 cm³/mol. The van der Waals surface area contributed by atoms with E-state index >= 15 is 0 Å². The van der Waals surface area contributed by atoms with E-state index in [1.807, 2.05) is 43.3 Å². The normalized spacial score (nSPS) is 12.8. The molecule has 0 saturated carbocycles. The largest absolute Gasteiger partial charge is 0.491 e. The van der Waals surface area contributed by atoms with Gasteiger partial charge in [0.25, 0.3) is 0 Å². The highest BCUT2D eigenvalue weighted by Crippen LogP contribution is 2.30. The summed E-state index contributed by atoms with van der Waals surface area (Å²) in [7, 11) is -3.64. The first-order valence-corrected chi connectivity index (χ1v) is 12.4. The van der Waals surface area contributed by atoms with Crippen LogP contribution < -0.4 is 14.4 Å². The standard InChI is InChI=1S/C24H34N2O4S/c1-7-19-12-14-20(15-13-19)26(31(6,28)29)18(2)23(27)25-16-17-30-22-11-9-8-10-21(22)24(3,4)5/h8-15,18H,7,16-17H2,1-6H3,(H,25,27)/t18-/m0/s1. The number of hydrogen-bond donors (Lipinski definition) is 1. The highest BCUT2D eigenvalue weighted by Gasteiger charge is 2.29. The van der Waals surface area contributed by atoms with Crippen LogP contribution in [0, 0.1) is 0 Å². The molecule has 0 heterocycles. The third-order valence-electron chi connectivity index (χ3n) is 5.04. The van der Waals surface area contributed by atoms with Gasteiger partial charge < -0.3 is 10.1 Å². The van der Waals surface area contributed by atoms with Gasteiger partial charge in [0.1, 0.15) is 18.4 Å². The molecule has 31 heavy (non-hydrogen) atoms. The number of anilines is 1. The van der Waals surface area contributed by atoms with E-state index in [9.17, 15) is 13.2 Å². The molecule has 7 heteroatoms. The number of sulfonamides is 1. The van der Waals surface area contributed by atoms with Gasteiger partial charge in [-0.15, -0.1) is 0 Å². The van der Waals surface area contributed by atoms with Crippen LogP contribution in [0.1, 0.15) is 45.7 Å². The number of carbonyl (C=O) groups excluding carboxylic acids is 1. The summed E-state index contributed by atoms with van der Waals surface area (Å²) in [6.07, 6.45) is 1.96. The fourth-order valence-electron chi connectivity index (χ4n) is 3.38. The third kappa shape index (κ3) is 6.72. The lowest BCUT2D eigenvalue weighted by atomic mass is 9.86. The van der Waals surface area contributed by atoms with E-state index in [0.29, 0.717) is 5.69 Å². The van der Waals surface area contributed by atoms with Gasteiger partial charge in [0, 0.05) is 0 Å². The van der Waals surface area contributed by atoms with Crippen molar-refractivity contribution in [3.63, 3.8) is 0 Å². The molecule has 0 aliphatic heterocycles. The van der Waals surface area contributed by atoms with Gasteiger partial charge in [-0.3, -0.25) is 9.10 Å². The highest BCUT2D eigenvalue weighted by molar-refractivity contribution is 7.92. The monoisotopic (exact) mass is 446 g/mol. The molecule has 0 aliphatic carbocycles. The summed E-state index contributed by atoms with van der Waals surface area (Å²) in [5, 5.41) is 2.79. The van der Waals surface area contributed by atoms with Crippen LogP contribution in [-0.4, -0.2) is 39.8 Å². The van der Waals surface area contributed by atoms with Gasteiger partial charge in [0.15, 0.2) is 0 Å². The summed E-state index contributed by atoms with van der Waals surface area (Å²) in [6.45, 7) is 10.5. The molecule has 1 N–H and O–H groups in total. The Balaban J connectivity index is 2.02. The van der Waals surface area contributed by atoms with Crippen molar-refractivity contribution in [2.75, 3.05) is 23.7 Å². The highest BCUT2D eigenvalue weighted by atomic mass is 32.2. The van der Waals surface area contributed by atoms with Crippen LogP contribution >= 0.6 is 0 Å². The first-order valence-electron chi connectivity index (χ1n) is 10.5. The number of ether oxygens (including phenoxy) is 1. The van der Waals surface area contributed by atoms with Crippen molar-refractivity contribution in [1.82, 2.24) is 5.32 Å². The molecular weight excluding hydrogens is 412 g/mol. The number of carbonyl (C=O) groups is 1. The Labute approximate surface area is 186 Å². The van der Waals surface area contributed by atoms with Crippen molar-refractivity contribution in [1.29, 1.82) is 0 Å². The molecule has 0 radical (unpaired) electrons. The van der Waals surface area contributed by atoms with Crippen molar-refractivity contribution in [3.05, 3.63) is 59.7 Å². The van der Waals surface area contributed by atoms with Crippen LogP contribution in [0.25, 0.3) is 0 Å². The average molecular weight is 447 g/mol. The molecule has 0 unspecified atom stereocenters. The second-order valence-electron chi connectivity index (χ2n) is 8.64. The van der Waals surface area contributed by atoms with Gasteiger partial charge in [0.2, 0.25) is 15.9 Å². The SMILES string of the molecule is CCc1ccc(N([C@@H](C)C(=O)NCCOc2ccccc2C(C)(C)C)S(C)(=O)=O)cc1. The van der Waals surface area contributed by atoms with Gasteiger partial charge in [-0.2, -0.15) is 0 Å². The molecule has 1 amide bonds. The Morgan fingerprint density at radius 3 is 2.26 bits per heavy atom. The lowest BCUT2D eigenvalue weighted by molar-refractivity contribution is -0.121. The van der Waals surface area contributed by atoms with E-state index < -0.39 is 16.1 Å². The van der Waals surface area contributed by atoms with E-state index in [1.165, 1.54) is 0 Å². The number of rotatable bonds is 9. The predicted octanol–water partition coefficient (Wildman–Crippen LogP) is 3.90. The van der Waals surface area contributed by atoms with E-state index in [4.69, 9.17) is 4.74 Å². The quantitative estimate of drug-likeness (QED) is 0.593. The first kappa shape index (κ1) is 24.7. The number of amides is 1. The molecule has 0 spiro atoms. The number of para-hydroxylation sites is 1. The molecule has 0 aliphatic rings. The van der Waals surface area contributed by atoms with Crippen LogP contribution in [0.15, 0.2) is 48.5 Å². The number of nitrogens with one attached hydrogen (secondary N) is 1. The smallest absolute Gasteiger partial charge is 0.243 e. The Morgan fingerprint density at radius 2 is 1.71 bits per heavy atom. The van der Waals surface area contributed by atoms with Crippen molar-refractivity contribution < 1.29 is 17.9 Å². The fraction of sp³-hybridized carbons (Fsp3) is 0.458. The number of hydrogen-bond acceptors (Lipinski definition) is 4. The Hall–Kier alpha value is -2.54. The first-order chi connectivity index (χ1) is 14.4. The van der Waals surface area contributed by atoms with Crippen molar-refractivity contribution in [3.8, 4) is 5.75 Å². The second kappa shape index (κ2) is 10.2. The zero-order valence-corrected chi connectivity index (χ0v) is 20.1. The van der Waals surface area contributed by atoms with Crippen LogP contribution in [0.2, 0.25) is 0 Å². The van der Waals surface area contributed by atoms with Gasteiger partial charge >= 0.3 is 0 Å². The maximum atomic E-state index is 12.7. The Morgan fingerprint density at radius 1 is 1.10 bits per heavy atom. The summed E-state index contributed by atoms with van der Waals surface area (Å²) in [5.74, 6) is 0.406. The molecule has 1 atom stereocenters. The minimum Gasteiger partial charge on any atom is -0.491 e. The molecule has 170 valence electrons. The average Bonchev–Trinajstić information content (AvgIpc) is 2.70. The maximum Gasteiger partial charge on any atom is 0.243 e. The zero-order chi connectivity index (χ0) is 23.2. The van der Waals surface area contributed by atoms with Gasteiger partial charge in [-0.05, 0) is 48.1 Å². The molecular formula is C24H34N2O4S. The zero-order valence-electron chi connectivity index (χ0n) is 19.3. The molecule has 0 fully saturated rings. The van der Waals surface area contributed by atoms with Crippen molar-refractivity contribution in [2.24, 2.45) is 0 Å². The van der Waals surface area contributed by atoms with E-state index in [2.05, 4.69) is 26.1 Å². The molecule has 2 rings (SSSR count). The minimum absolute atomic E-state index is 0.0579. The van der Waals surface area contributed by atoms with E-state index in [0.717, 1.165) is 33.9 Å². The molecule has 2 aromatic carbocycles. The minimum atomic E-state index is -3.64. The summed E-state index contributed by atoms with van der Waals surface area (Å²) in [4.78, 5) is 12.7. The maximum absolute atomic E-state index is 12.7. The number of benzene rings is 2. The van der Waals surface area contributed by atoms with Gasteiger partial charge in [0.05, 0.1) is 18.5 Å². The number of aryl methyl sites for hydroxylation is 1. The van der Waals surface area contributed by atoms with Crippen molar-refractivity contribution >= 4 is 21.6 Å². The van der Waals surface area contributed by atoms with Crippen LogP contribution in [-0.2, 0) is 26.7 Å². The third-order valence-corrected chi connectivity index (χ3v) is 6.28. The summed E-state index contributed by atoms with van der Waals surface area (Å²) < 4.78 is 31.8. The van der Waals surface area contributed by atoms with Crippen LogP contribution in [0.4, 0.5) is 5.69 Å². The fourth-order valence-corrected chi connectivity index (χ4v) is 4.56. The molecule has 0 aromatic heterocycles. The summed E-state index contributed by atoms with van der Waals surface area (Å²) in [6, 6.07) is 14.2. The lowest BCUT2D eigenvalue weighted by Crippen LogP contribution is -2.48. The van der Waals surface area contributed by atoms with E-state index in [-0.39, 0.29) is 24.5 Å². The summed E-state index contributed by atoms with van der Waals surface area (Å²) >= 11 is 0.